The van der Waals surface area contributed by atoms with E-state index in [1.54, 1.807) is 0 Å². The molecule has 18 heavy (non-hydrogen) atoms. The smallest absolute Gasteiger partial charge is 0 e. The van der Waals surface area contributed by atoms with Crippen LogP contribution < -0.4 is 10.6 Å². The van der Waals surface area contributed by atoms with Crippen LogP contribution in [-0.2, 0) is 20.4 Å². The second-order valence-electron chi connectivity index (χ2n) is 3.86. The molecule has 0 N–H and O–H groups in total. The van der Waals surface area contributed by atoms with Crippen LogP contribution >= 0.6 is 8.58 Å². The predicted molar refractivity (Wildman–Crippen MR) is 81.0 cm³/mol. The average Bonchev–Trinajstić information content (AvgIpc) is 2.41. The van der Waals surface area contributed by atoms with Crippen LogP contribution in [0.5, 0.6) is 0 Å². The molecule has 0 saturated heterocycles. The fourth-order valence-corrected chi connectivity index (χ4v) is 2.26. The molecule has 0 amide bonds. The second-order valence-corrected chi connectivity index (χ2v) is 5.26. The Balaban J connectivity index is 0.000000512. The van der Waals surface area contributed by atoms with Gasteiger partial charge in [-0.25, -0.2) is 0 Å². The van der Waals surface area contributed by atoms with Gasteiger partial charge in [0.25, 0.3) is 0 Å². The van der Waals surface area contributed by atoms with E-state index >= 15 is 0 Å². The van der Waals surface area contributed by atoms with Gasteiger partial charge in [0, 0.05) is 20.4 Å². The molecule has 0 aromatic heterocycles. The van der Waals surface area contributed by atoms with Crippen molar-refractivity contribution in [2.75, 3.05) is 0 Å². The molecule has 0 unspecified atom stereocenters. The summed E-state index contributed by atoms with van der Waals surface area (Å²) in [6.07, 6.45) is 2.64. The van der Waals surface area contributed by atoms with Crippen LogP contribution in [0.1, 0.15) is 26.7 Å². The molecule has 0 spiro atoms. The SMILES string of the molecule is CCCC.[Pd].c1ccc(Pc2ccccc2)cc1. The molecule has 0 saturated carbocycles. The summed E-state index contributed by atoms with van der Waals surface area (Å²) in [6, 6.07) is 21.2. The van der Waals surface area contributed by atoms with E-state index in [2.05, 4.69) is 74.5 Å². The van der Waals surface area contributed by atoms with E-state index in [0.29, 0.717) is 0 Å². The van der Waals surface area contributed by atoms with Crippen LogP contribution in [-0.4, -0.2) is 0 Å². The summed E-state index contributed by atoms with van der Waals surface area (Å²) in [5.41, 5.74) is 0. The summed E-state index contributed by atoms with van der Waals surface area (Å²) in [7, 11) is 0.777. The van der Waals surface area contributed by atoms with E-state index in [-0.39, 0.29) is 20.4 Å². The molecule has 0 fully saturated rings. The van der Waals surface area contributed by atoms with Crippen LogP contribution in [0.2, 0.25) is 0 Å². The first-order valence-corrected chi connectivity index (χ1v) is 7.24. The Bertz CT molecular complexity index is 347. The number of hydrogen-bond donors (Lipinski definition) is 0. The first-order chi connectivity index (χ1) is 8.36. The van der Waals surface area contributed by atoms with Crippen molar-refractivity contribution < 1.29 is 20.4 Å². The summed E-state index contributed by atoms with van der Waals surface area (Å²) in [4.78, 5) is 0. The van der Waals surface area contributed by atoms with Gasteiger partial charge in [0.05, 0.1) is 0 Å². The third-order valence-corrected chi connectivity index (χ3v) is 3.58. The summed E-state index contributed by atoms with van der Waals surface area (Å²) < 4.78 is 0. The molecule has 0 radical (unpaired) electrons. The van der Waals surface area contributed by atoms with Crippen LogP contribution in [0, 0.1) is 0 Å². The van der Waals surface area contributed by atoms with E-state index in [4.69, 9.17) is 0 Å². The Labute approximate surface area is 127 Å². The molecule has 0 heterocycles. The van der Waals surface area contributed by atoms with Crippen LogP contribution in [0.3, 0.4) is 0 Å². The van der Waals surface area contributed by atoms with Gasteiger partial charge >= 0.3 is 0 Å². The molecule has 0 nitrogen and oxygen atoms in total. The molecule has 0 atom stereocenters. The number of hydrogen-bond acceptors (Lipinski definition) is 0. The molecule has 2 aromatic rings. The van der Waals surface area contributed by atoms with Crippen molar-refractivity contribution in [1.29, 1.82) is 0 Å². The third kappa shape index (κ3) is 7.78. The maximum absolute atomic E-state index is 2.18. The van der Waals surface area contributed by atoms with Crippen molar-refractivity contribution in [2.24, 2.45) is 0 Å². The Hall–Kier alpha value is -0.468. The number of benzene rings is 2. The molecule has 2 rings (SSSR count). The zero-order valence-corrected chi connectivity index (χ0v) is 13.6. The van der Waals surface area contributed by atoms with Gasteiger partial charge in [-0.2, -0.15) is 0 Å². The third-order valence-electron chi connectivity index (χ3n) is 2.34. The van der Waals surface area contributed by atoms with Gasteiger partial charge in [0.15, 0.2) is 0 Å². The predicted octanol–water partition coefficient (Wildman–Crippen LogP) is 4.12. The van der Waals surface area contributed by atoms with Crippen molar-refractivity contribution in [1.82, 2.24) is 0 Å². The van der Waals surface area contributed by atoms with Crippen molar-refractivity contribution >= 4 is 19.2 Å². The standard InChI is InChI=1S/C12H11P.C4H10.Pd/c1-3-7-11(8-4-1)13-12-9-5-2-6-10-12;1-3-4-2;/h1-10,13H;3-4H2,1-2H3;. The van der Waals surface area contributed by atoms with E-state index in [0.717, 1.165) is 8.58 Å². The summed E-state index contributed by atoms with van der Waals surface area (Å²) in [6.45, 7) is 4.36. The van der Waals surface area contributed by atoms with Crippen molar-refractivity contribution in [3.8, 4) is 0 Å². The fraction of sp³-hybridized carbons (Fsp3) is 0.250. The maximum atomic E-state index is 2.18. The summed E-state index contributed by atoms with van der Waals surface area (Å²) in [5, 5.41) is 2.79. The molecule has 2 heteroatoms. The average molecular weight is 351 g/mol. The minimum Gasteiger partial charge on any atom is -0.0654 e. The topological polar surface area (TPSA) is 0 Å². The Morgan fingerprint density at radius 1 is 0.667 bits per heavy atom. The maximum Gasteiger partial charge on any atom is 0 e. The molecule has 0 aliphatic rings. The number of rotatable bonds is 3. The molecule has 0 bridgehead atoms. The van der Waals surface area contributed by atoms with Crippen LogP contribution in [0.4, 0.5) is 0 Å². The molecular weight excluding hydrogens is 330 g/mol. The molecular formula is C16H21PPd. The Morgan fingerprint density at radius 2 is 1.00 bits per heavy atom. The molecule has 100 valence electrons. The van der Waals surface area contributed by atoms with E-state index in [9.17, 15) is 0 Å². The first-order valence-electron chi connectivity index (χ1n) is 6.24. The Kier molecular flexibility index (Phi) is 11.3. The molecule has 0 aliphatic carbocycles. The van der Waals surface area contributed by atoms with Gasteiger partial charge < -0.3 is 0 Å². The van der Waals surface area contributed by atoms with E-state index < -0.39 is 0 Å². The normalized spacial score (nSPS) is 8.78. The summed E-state index contributed by atoms with van der Waals surface area (Å²) in [5.74, 6) is 0. The van der Waals surface area contributed by atoms with E-state index in [1.807, 2.05) is 0 Å². The van der Waals surface area contributed by atoms with Crippen molar-refractivity contribution in [2.45, 2.75) is 26.7 Å². The minimum atomic E-state index is 0. The van der Waals surface area contributed by atoms with Gasteiger partial charge in [-0.1, -0.05) is 95.9 Å². The van der Waals surface area contributed by atoms with Crippen LogP contribution in [0.15, 0.2) is 60.7 Å². The van der Waals surface area contributed by atoms with Crippen molar-refractivity contribution in [3.05, 3.63) is 60.7 Å². The van der Waals surface area contributed by atoms with E-state index in [1.165, 1.54) is 23.5 Å². The minimum absolute atomic E-state index is 0. The van der Waals surface area contributed by atoms with Crippen LogP contribution in [0.25, 0.3) is 0 Å². The number of unbranched alkanes of at least 4 members (excludes halogenated alkanes) is 1. The monoisotopic (exact) mass is 350 g/mol. The van der Waals surface area contributed by atoms with Gasteiger partial charge in [-0.05, 0) is 10.6 Å². The molecule has 2 aromatic carbocycles. The Morgan fingerprint density at radius 3 is 1.28 bits per heavy atom. The zero-order chi connectivity index (χ0) is 12.3. The second kappa shape index (κ2) is 11.6. The van der Waals surface area contributed by atoms with Crippen molar-refractivity contribution in [3.63, 3.8) is 0 Å². The quantitative estimate of drug-likeness (QED) is 0.577. The fourth-order valence-electron chi connectivity index (χ4n) is 1.21. The summed E-state index contributed by atoms with van der Waals surface area (Å²) >= 11 is 0. The van der Waals surface area contributed by atoms with Gasteiger partial charge in [-0.15, -0.1) is 0 Å². The first kappa shape index (κ1) is 17.5. The van der Waals surface area contributed by atoms with Gasteiger partial charge in [0.1, 0.15) is 0 Å². The van der Waals surface area contributed by atoms with Gasteiger partial charge in [0.2, 0.25) is 0 Å². The largest absolute Gasteiger partial charge is 0.0654 e. The van der Waals surface area contributed by atoms with Gasteiger partial charge in [-0.3, -0.25) is 0 Å². The zero-order valence-electron chi connectivity index (χ0n) is 11.0. The molecule has 0 aliphatic heterocycles.